The summed E-state index contributed by atoms with van der Waals surface area (Å²) < 4.78 is 6.76. The first-order valence-corrected chi connectivity index (χ1v) is 21.3. The Balaban J connectivity index is 1.03. The smallest absolute Gasteiger partial charge is 0.131 e. The van der Waals surface area contributed by atoms with Gasteiger partial charge in [-0.3, -0.25) is 0 Å². The molecule has 4 saturated carbocycles. The second-order valence-electron chi connectivity index (χ2n) is 19.2. The van der Waals surface area contributed by atoms with Crippen molar-refractivity contribution in [3.8, 4) is 33.8 Å². The number of ether oxygens (including phenoxy) is 1. The van der Waals surface area contributed by atoms with E-state index in [1.165, 1.54) is 101 Å². The van der Waals surface area contributed by atoms with Crippen LogP contribution in [0.25, 0.3) is 22.3 Å². The molecule has 6 aromatic rings. The summed E-state index contributed by atoms with van der Waals surface area (Å²) >= 11 is 0. The van der Waals surface area contributed by atoms with E-state index in [-0.39, 0.29) is 16.2 Å². The van der Waals surface area contributed by atoms with Crippen molar-refractivity contribution in [2.75, 3.05) is 4.90 Å². The summed E-state index contributed by atoms with van der Waals surface area (Å²) in [5.74, 6) is 5.32. The van der Waals surface area contributed by atoms with Gasteiger partial charge in [0.05, 0.1) is 5.69 Å². The molecule has 12 rings (SSSR count). The molecule has 0 radical (unpaired) electrons. The molecule has 280 valence electrons. The Morgan fingerprint density at radius 3 is 1.82 bits per heavy atom. The first kappa shape index (κ1) is 34.2. The van der Waals surface area contributed by atoms with Crippen molar-refractivity contribution in [3.63, 3.8) is 0 Å². The van der Waals surface area contributed by atoms with E-state index in [2.05, 4.69) is 172 Å². The van der Waals surface area contributed by atoms with Crippen molar-refractivity contribution < 1.29 is 4.74 Å². The molecule has 1 aliphatic heterocycles. The molecule has 1 heterocycles. The Kier molecular flexibility index (Phi) is 7.61. The summed E-state index contributed by atoms with van der Waals surface area (Å²) in [6, 6.07) is 52.5. The summed E-state index contributed by atoms with van der Waals surface area (Å²) in [5, 5.41) is 0. The van der Waals surface area contributed by atoms with Gasteiger partial charge in [-0.2, -0.15) is 0 Å². The van der Waals surface area contributed by atoms with Gasteiger partial charge in [0.2, 0.25) is 0 Å². The van der Waals surface area contributed by atoms with Gasteiger partial charge in [0, 0.05) is 33.5 Å². The average molecular weight is 732 g/mol. The maximum Gasteiger partial charge on any atom is 0.131 e. The fourth-order valence-corrected chi connectivity index (χ4v) is 12.6. The molecule has 4 fully saturated rings. The second-order valence-corrected chi connectivity index (χ2v) is 19.2. The predicted molar refractivity (Wildman–Crippen MR) is 232 cm³/mol. The first-order chi connectivity index (χ1) is 27.2. The molecule has 5 aliphatic carbocycles. The molecule has 6 aliphatic rings. The molecule has 0 unspecified atom stereocenters. The Hall–Kier alpha value is -5.08. The van der Waals surface area contributed by atoms with E-state index in [0.717, 1.165) is 29.0 Å². The van der Waals surface area contributed by atoms with Crippen LogP contribution in [0.5, 0.6) is 11.5 Å². The fourth-order valence-electron chi connectivity index (χ4n) is 12.6. The van der Waals surface area contributed by atoms with E-state index in [4.69, 9.17) is 4.74 Å². The standard InChI is InChI=1S/C54H53NO/c1-52(2)26-27-53(3,4)47-34-43(23-24-45(47)52)55(49-16-10-8-14-44(49)38-12-6-5-7-13-38)42-21-18-37(19-22-42)39-20-25-51-48(33-39)54(46-15-9-11-17-50(46)56-51)40-29-35-28-36(31-40)32-41(54)30-35/h5-25,33-36,40-41H,26-32H2,1-4H3. The third-order valence-electron chi connectivity index (χ3n) is 15.2. The zero-order chi connectivity index (χ0) is 37.8. The lowest BCUT2D eigenvalue weighted by atomic mass is 9.41. The number of nitrogens with zero attached hydrogens (tertiary/aromatic N) is 1. The van der Waals surface area contributed by atoms with Crippen LogP contribution in [0.15, 0.2) is 140 Å². The number of hydrogen-bond acceptors (Lipinski definition) is 2. The molecular weight excluding hydrogens is 679 g/mol. The molecule has 0 saturated heterocycles. The van der Waals surface area contributed by atoms with Crippen molar-refractivity contribution in [1.82, 2.24) is 0 Å². The summed E-state index contributed by atoms with van der Waals surface area (Å²) in [6.07, 6.45) is 9.28. The zero-order valence-corrected chi connectivity index (χ0v) is 33.4. The average Bonchev–Trinajstić information content (AvgIpc) is 3.22. The van der Waals surface area contributed by atoms with Crippen molar-refractivity contribution in [3.05, 3.63) is 162 Å². The normalized spacial score (nSPS) is 25.9. The van der Waals surface area contributed by atoms with Crippen LogP contribution in [-0.2, 0) is 16.2 Å². The topological polar surface area (TPSA) is 12.5 Å². The molecule has 56 heavy (non-hydrogen) atoms. The zero-order valence-electron chi connectivity index (χ0n) is 33.4. The van der Waals surface area contributed by atoms with Gasteiger partial charge in [0.1, 0.15) is 11.5 Å². The van der Waals surface area contributed by atoms with Crippen LogP contribution < -0.4 is 9.64 Å². The van der Waals surface area contributed by atoms with Crippen LogP contribution in [0.1, 0.15) is 94.9 Å². The van der Waals surface area contributed by atoms with Crippen molar-refractivity contribution >= 4 is 17.1 Å². The van der Waals surface area contributed by atoms with Gasteiger partial charge in [-0.25, -0.2) is 0 Å². The van der Waals surface area contributed by atoms with E-state index in [0.29, 0.717) is 11.8 Å². The van der Waals surface area contributed by atoms with E-state index >= 15 is 0 Å². The van der Waals surface area contributed by atoms with Gasteiger partial charge in [-0.05, 0) is 156 Å². The minimum Gasteiger partial charge on any atom is -0.457 e. The number of hydrogen-bond donors (Lipinski definition) is 0. The molecule has 2 nitrogen and oxygen atoms in total. The summed E-state index contributed by atoms with van der Waals surface area (Å²) in [6.45, 7) is 9.69. The van der Waals surface area contributed by atoms with E-state index in [1.54, 1.807) is 0 Å². The largest absolute Gasteiger partial charge is 0.457 e. The van der Waals surface area contributed by atoms with E-state index in [1.807, 2.05) is 0 Å². The highest BCUT2D eigenvalue weighted by Crippen LogP contribution is 2.69. The third-order valence-corrected chi connectivity index (χ3v) is 15.2. The highest BCUT2D eigenvalue weighted by Gasteiger charge is 2.61. The summed E-state index contributed by atoms with van der Waals surface area (Å²) in [4.78, 5) is 2.49. The SMILES string of the molecule is CC1(C)CCC(C)(C)c2cc(N(c3ccc(-c4ccc5c(c4)C4(c6ccccc6O5)C5CC6CC(C5)CC4C6)cc3)c3ccccc3-c3ccccc3)ccc21. The first-order valence-electron chi connectivity index (χ1n) is 21.3. The highest BCUT2D eigenvalue weighted by atomic mass is 16.5. The maximum atomic E-state index is 6.76. The molecule has 1 spiro atoms. The lowest BCUT2D eigenvalue weighted by Crippen LogP contribution is -2.56. The van der Waals surface area contributed by atoms with Crippen LogP contribution >= 0.6 is 0 Å². The van der Waals surface area contributed by atoms with Crippen LogP contribution in [0.4, 0.5) is 17.1 Å². The number of para-hydroxylation sites is 2. The second kappa shape index (κ2) is 12.5. The third kappa shape index (κ3) is 5.13. The van der Waals surface area contributed by atoms with E-state index in [9.17, 15) is 0 Å². The fraction of sp³-hybridized carbons (Fsp3) is 0.333. The monoisotopic (exact) mass is 731 g/mol. The van der Waals surface area contributed by atoms with Crippen molar-refractivity contribution in [2.24, 2.45) is 23.7 Å². The molecule has 2 heteroatoms. The molecule has 0 amide bonds. The van der Waals surface area contributed by atoms with Gasteiger partial charge in [-0.1, -0.05) is 119 Å². The van der Waals surface area contributed by atoms with Crippen LogP contribution in [0.2, 0.25) is 0 Å². The summed E-state index contributed by atoms with van der Waals surface area (Å²) in [5.41, 5.74) is 14.7. The predicted octanol–water partition coefficient (Wildman–Crippen LogP) is 14.7. The minimum atomic E-state index is 0.0420. The van der Waals surface area contributed by atoms with Crippen molar-refractivity contribution in [1.29, 1.82) is 0 Å². The Labute approximate surface area is 333 Å². The summed E-state index contributed by atoms with van der Waals surface area (Å²) in [7, 11) is 0. The lowest BCUT2D eigenvalue weighted by molar-refractivity contribution is -0.0452. The number of fused-ring (bicyclic) bond motifs is 3. The Morgan fingerprint density at radius 1 is 0.464 bits per heavy atom. The molecule has 6 aromatic carbocycles. The molecule has 0 aromatic heterocycles. The van der Waals surface area contributed by atoms with Gasteiger partial charge in [0.15, 0.2) is 0 Å². The Morgan fingerprint density at radius 2 is 1.07 bits per heavy atom. The van der Waals surface area contributed by atoms with Crippen LogP contribution in [0.3, 0.4) is 0 Å². The van der Waals surface area contributed by atoms with Crippen LogP contribution in [0, 0.1) is 23.7 Å². The minimum absolute atomic E-state index is 0.0420. The molecular formula is C54H53NO. The van der Waals surface area contributed by atoms with Gasteiger partial charge in [0.25, 0.3) is 0 Å². The molecule has 0 N–H and O–H groups in total. The number of benzene rings is 6. The highest BCUT2D eigenvalue weighted by molar-refractivity contribution is 5.89. The lowest BCUT2D eigenvalue weighted by Gasteiger charge is -2.63. The van der Waals surface area contributed by atoms with Gasteiger partial charge in [-0.15, -0.1) is 0 Å². The molecule has 4 bridgehead atoms. The maximum absolute atomic E-state index is 6.76. The van der Waals surface area contributed by atoms with E-state index < -0.39 is 0 Å². The van der Waals surface area contributed by atoms with Crippen molar-refractivity contribution in [2.45, 2.75) is 88.9 Å². The Bertz CT molecular complexity index is 2440. The van der Waals surface area contributed by atoms with Gasteiger partial charge < -0.3 is 9.64 Å². The number of rotatable bonds is 5. The molecule has 0 atom stereocenters. The quantitative estimate of drug-likeness (QED) is 0.175. The van der Waals surface area contributed by atoms with Gasteiger partial charge >= 0.3 is 0 Å². The number of anilines is 3. The van der Waals surface area contributed by atoms with Crippen LogP contribution in [-0.4, -0.2) is 0 Å².